The molecule has 1 aromatic heterocycles. The number of aromatic nitrogens is 1. The molecule has 1 fully saturated rings. The monoisotopic (exact) mass is 492 g/mol. The van der Waals surface area contributed by atoms with E-state index < -0.39 is 41.8 Å². The Labute approximate surface area is 210 Å². The third-order valence-electron chi connectivity index (χ3n) is 6.10. The maximum absolute atomic E-state index is 13.2. The molecule has 3 aromatic rings. The Morgan fingerprint density at radius 3 is 2.50 bits per heavy atom. The standard InChI is InChI=1S/C27H32N4O5/c1-27(2,3)36-25(33)30-21(14-18-15-28-20-13-9-8-12-19(18)20)22-16-31(26(34)35-4)24(32)23(29-22)17-10-6-5-7-11-17/h5-13,15,21-23,28-29H,14,16H2,1-4H3,(H,30,33)/t21-,22+,23-/m0/s1. The lowest BCUT2D eigenvalue weighted by Crippen LogP contribution is -2.64. The van der Waals surface area contributed by atoms with Crippen LogP contribution in [0, 0.1) is 0 Å². The van der Waals surface area contributed by atoms with Crippen LogP contribution in [0.2, 0.25) is 0 Å². The van der Waals surface area contributed by atoms with Crippen LogP contribution in [0.15, 0.2) is 60.8 Å². The maximum atomic E-state index is 13.2. The number of imide groups is 1. The number of hydrogen-bond donors (Lipinski definition) is 3. The van der Waals surface area contributed by atoms with Gasteiger partial charge in [-0.3, -0.25) is 10.1 Å². The molecule has 1 aliphatic rings. The third kappa shape index (κ3) is 5.68. The summed E-state index contributed by atoms with van der Waals surface area (Å²) in [5.74, 6) is -0.410. The van der Waals surface area contributed by atoms with Gasteiger partial charge >= 0.3 is 12.2 Å². The highest BCUT2D eigenvalue weighted by Crippen LogP contribution is 2.26. The number of alkyl carbamates (subject to hydrolysis) is 1. The van der Waals surface area contributed by atoms with Crippen molar-refractivity contribution in [2.45, 2.75) is 50.9 Å². The van der Waals surface area contributed by atoms with Crippen LogP contribution in [0.25, 0.3) is 10.9 Å². The number of methoxy groups -OCH3 is 1. The van der Waals surface area contributed by atoms with Gasteiger partial charge in [0, 0.05) is 29.7 Å². The second-order valence-corrected chi connectivity index (χ2v) is 9.85. The topological polar surface area (TPSA) is 113 Å². The number of nitrogens with one attached hydrogen (secondary N) is 3. The van der Waals surface area contributed by atoms with E-state index in [9.17, 15) is 14.4 Å². The van der Waals surface area contributed by atoms with Crippen molar-refractivity contribution in [3.63, 3.8) is 0 Å². The molecule has 0 aliphatic carbocycles. The summed E-state index contributed by atoms with van der Waals surface area (Å²) in [7, 11) is 1.24. The number of hydrogen-bond acceptors (Lipinski definition) is 6. The van der Waals surface area contributed by atoms with E-state index in [1.807, 2.05) is 60.8 Å². The summed E-state index contributed by atoms with van der Waals surface area (Å²) in [6.07, 6.45) is 1.03. The maximum Gasteiger partial charge on any atom is 0.416 e. The summed E-state index contributed by atoms with van der Waals surface area (Å²) in [5.41, 5.74) is 2.00. The molecule has 9 nitrogen and oxygen atoms in total. The van der Waals surface area contributed by atoms with Crippen LogP contribution in [0.1, 0.15) is 37.9 Å². The van der Waals surface area contributed by atoms with Crippen molar-refractivity contribution in [2.75, 3.05) is 13.7 Å². The van der Waals surface area contributed by atoms with Crippen molar-refractivity contribution in [1.82, 2.24) is 20.5 Å². The second-order valence-electron chi connectivity index (χ2n) is 9.85. The van der Waals surface area contributed by atoms with E-state index in [0.717, 1.165) is 21.4 Å². The number of piperazine rings is 1. The number of rotatable bonds is 5. The fourth-order valence-electron chi connectivity index (χ4n) is 4.47. The Kier molecular flexibility index (Phi) is 7.30. The molecule has 2 aromatic carbocycles. The Balaban J connectivity index is 1.69. The molecule has 36 heavy (non-hydrogen) atoms. The van der Waals surface area contributed by atoms with Gasteiger partial charge in [0.2, 0.25) is 0 Å². The molecule has 1 aliphatic heterocycles. The average Bonchev–Trinajstić information content (AvgIpc) is 3.25. The quantitative estimate of drug-likeness (QED) is 0.498. The first kappa shape index (κ1) is 25.2. The number of ether oxygens (including phenoxy) is 2. The number of benzene rings is 2. The minimum atomic E-state index is -0.782. The molecule has 0 saturated carbocycles. The molecule has 0 radical (unpaired) electrons. The van der Waals surface area contributed by atoms with Crippen LogP contribution in [0.3, 0.4) is 0 Å². The zero-order chi connectivity index (χ0) is 25.9. The predicted molar refractivity (Wildman–Crippen MR) is 135 cm³/mol. The number of amides is 3. The highest BCUT2D eigenvalue weighted by Gasteiger charge is 2.42. The van der Waals surface area contributed by atoms with Gasteiger partial charge in [0.05, 0.1) is 13.2 Å². The molecular formula is C27H32N4O5. The number of carbonyl (C=O) groups is 3. The van der Waals surface area contributed by atoms with E-state index in [2.05, 4.69) is 15.6 Å². The van der Waals surface area contributed by atoms with Crippen LogP contribution < -0.4 is 10.6 Å². The minimum Gasteiger partial charge on any atom is -0.452 e. The summed E-state index contributed by atoms with van der Waals surface area (Å²) in [5, 5.41) is 7.39. The fraction of sp³-hybridized carbons (Fsp3) is 0.370. The molecule has 0 spiro atoms. The normalized spacial score (nSPS) is 19.1. The number of carbonyl (C=O) groups excluding carboxylic acids is 3. The Bertz CT molecular complexity index is 1230. The zero-order valence-electron chi connectivity index (χ0n) is 20.9. The SMILES string of the molecule is COC(=O)N1C[C@H]([C@H](Cc2c[nH]c3ccccc23)NC(=O)OC(C)(C)C)N[C@@H](c2ccccc2)C1=O. The van der Waals surface area contributed by atoms with Crippen LogP contribution in [-0.4, -0.2) is 59.3 Å². The molecule has 0 bridgehead atoms. The predicted octanol–water partition coefficient (Wildman–Crippen LogP) is 3.91. The van der Waals surface area contributed by atoms with Gasteiger partial charge in [-0.1, -0.05) is 48.5 Å². The summed E-state index contributed by atoms with van der Waals surface area (Å²) < 4.78 is 10.4. The van der Waals surface area contributed by atoms with Crippen molar-refractivity contribution < 1.29 is 23.9 Å². The number of para-hydroxylation sites is 1. The van der Waals surface area contributed by atoms with Crippen molar-refractivity contribution in [1.29, 1.82) is 0 Å². The van der Waals surface area contributed by atoms with Crippen LogP contribution in [-0.2, 0) is 20.7 Å². The van der Waals surface area contributed by atoms with E-state index >= 15 is 0 Å². The van der Waals surface area contributed by atoms with E-state index in [1.54, 1.807) is 20.8 Å². The molecule has 2 heterocycles. The zero-order valence-corrected chi connectivity index (χ0v) is 20.9. The fourth-order valence-corrected chi connectivity index (χ4v) is 4.47. The van der Waals surface area contributed by atoms with Crippen LogP contribution >= 0.6 is 0 Å². The van der Waals surface area contributed by atoms with Gasteiger partial charge < -0.3 is 19.8 Å². The molecule has 4 rings (SSSR count). The van der Waals surface area contributed by atoms with Gasteiger partial charge in [-0.15, -0.1) is 0 Å². The van der Waals surface area contributed by atoms with Gasteiger partial charge in [0.25, 0.3) is 5.91 Å². The molecule has 0 unspecified atom stereocenters. The summed E-state index contributed by atoms with van der Waals surface area (Å²) >= 11 is 0. The lowest BCUT2D eigenvalue weighted by Gasteiger charge is -2.40. The highest BCUT2D eigenvalue weighted by atomic mass is 16.6. The largest absolute Gasteiger partial charge is 0.452 e. The smallest absolute Gasteiger partial charge is 0.416 e. The van der Waals surface area contributed by atoms with Crippen LogP contribution in [0.4, 0.5) is 9.59 Å². The molecule has 3 atom stereocenters. The Morgan fingerprint density at radius 2 is 1.81 bits per heavy atom. The molecule has 1 saturated heterocycles. The Hall–Kier alpha value is -3.85. The van der Waals surface area contributed by atoms with Crippen molar-refractivity contribution in [3.05, 3.63) is 71.9 Å². The molecular weight excluding hydrogens is 460 g/mol. The molecule has 3 amide bonds. The first-order valence-electron chi connectivity index (χ1n) is 11.9. The van der Waals surface area contributed by atoms with E-state index in [1.165, 1.54) is 7.11 Å². The minimum absolute atomic E-state index is 0.0255. The third-order valence-corrected chi connectivity index (χ3v) is 6.10. The summed E-state index contributed by atoms with van der Waals surface area (Å²) in [4.78, 5) is 43.0. The summed E-state index contributed by atoms with van der Waals surface area (Å²) in [6, 6.07) is 15.3. The highest BCUT2D eigenvalue weighted by molar-refractivity contribution is 5.96. The van der Waals surface area contributed by atoms with E-state index in [0.29, 0.717) is 12.0 Å². The van der Waals surface area contributed by atoms with Gasteiger partial charge in [-0.25, -0.2) is 14.5 Å². The number of nitrogens with zero attached hydrogens (tertiary/aromatic N) is 1. The van der Waals surface area contributed by atoms with Gasteiger partial charge in [0.15, 0.2) is 0 Å². The second kappa shape index (κ2) is 10.4. The summed E-state index contributed by atoms with van der Waals surface area (Å²) in [6.45, 7) is 5.41. The lowest BCUT2D eigenvalue weighted by atomic mass is 9.93. The number of fused-ring (bicyclic) bond motifs is 1. The molecule has 9 heteroatoms. The van der Waals surface area contributed by atoms with Gasteiger partial charge in [0.1, 0.15) is 11.6 Å². The van der Waals surface area contributed by atoms with Crippen molar-refractivity contribution in [2.24, 2.45) is 0 Å². The molecule has 190 valence electrons. The lowest BCUT2D eigenvalue weighted by molar-refractivity contribution is -0.135. The Morgan fingerprint density at radius 1 is 1.11 bits per heavy atom. The van der Waals surface area contributed by atoms with E-state index in [4.69, 9.17) is 9.47 Å². The number of aromatic amines is 1. The van der Waals surface area contributed by atoms with Crippen molar-refractivity contribution >= 4 is 29.0 Å². The van der Waals surface area contributed by atoms with E-state index in [-0.39, 0.29) is 6.54 Å². The van der Waals surface area contributed by atoms with Gasteiger partial charge in [-0.2, -0.15) is 0 Å². The number of H-pyrrole nitrogens is 1. The first-order chi connectivity index (χ1) is 17.2. The van der Waals surface area contributed by atoms with Gasteiger partial charge in [-0.05, 0) is 44.4 Å². The first-order valence-corrected chi connectivity index (χ1v) is 11.9. The average molecular weight is 493 g/mol. The van der Waals surface area contributed by atoms with Crippen LogP contribution in [0.5, 0.6) is 0 Å². The molecule has 3 N–H and O–H groups in total. The van der Waals surface area contributed by atoms with Crippen molar-refractivity contribution in [3.8, 4) is 0 Å².